The highest BCUT2D eigenvalue weighted by atomic mass is 15.1. The molecule has 2 nitrogen and oxygen atoms in total. The third kappa shape index (κ3) is 1.38. The molecule has 13 heavy (non-hydrogen) atoms. The number of hydrogen-bond donors (Lipinski definition) is 0. The van der Waals surface area contributed by atoms with E-state index in [0.717, 1.165) is 0 Å². The van der Waals surface area contributed by atoms with Crippen molar-refractivity contribution in [3.63, 3.8) is 0 Å². The minimum absolute atomic E-state index is 0.571. The average Bonchev–Trinajstić information content (AvgIpc) is 2.48. The van der Waals surface area contributed by atoms with Crippen molar-refractivity contribution >= 4 is 0 Å². The lowest BCUT2D eigenvalue weighted by molar-refractivity contribution is 0.429. The van der Waals surface area contributed by atoms with Crippen LogP contribution in [0.3, 0.4) is 0 Å². The molecule has 72 valence electrons. The Labute approximate surface area is 80.0 Å². The number of fused-ring (bicyclic) bond motifs is 1. The van der Waals surface area contributed by atoms with E-state index in [-0.39, 0.29) is 0 Å². The van der Waals surface area contributed by atoms with Crippen LogP contribution in [0.5, 0.6) is 0 Å². The Kier molecular flexibility index (Phi) is 2.14. The average molecular weight is 178 g/mol. The Morgan fingerprint density at radius 3 is 3.00 bits per heavy atom. The van der Waals surface area contributed by atoms with Crippen LogP contribution in [-0.4, -0.2) is 9.55 Å². The number of imidazole rings is 1. The van der Waals surface area contributed by atoms with Crippen LogP contribution >= 0.6 is 0 Å². The Bertz CT molecular complexity index is 286. The zero-order valence-electron chi connectivity index (χ0n) is 8.75. The molecule has 0 spiro atoms. The van der Waals surface area contributed by atoms with Crippen LogP contribution in [0.2, 0.25) is 0 Å². The Morgan fingerprint density at radius 2 is 2.31 bits per heavy atom. The van der Waals surface area contributed by atoms with Gasteiger partial charge in [0.2, 0.25) is 0 Å². The van der Waals surface area contributed by atoms with Gasteiger partial charge in [-0.2, -0.15) is 0 Å². The molecule has 0 saturated carbocycles. The lowest BCUT2D eigenvalue weighted by Gasteiger charge is -2.23. The van der Waals surface area contributed by atoms with Crippen molar-refractivity contribution in [2.75, 3.05) is 0 Å². The summed E-state index contributed by atoms with van der Waals surface area (Å²) in [7, 11) is 0. The maximum Gasteiger partial charge on any atom is 0.0954 e. The summed E-state index contributed by atoms with van der Waals surface area (Å²) in [5.41, 5.74) is 2.79. The van der Waals surface area contributed by atoms with E-state index in [0.29, 0.717) is 12.0 Å². The number of rotatable bonds is 1. The SMILES string of the molecule is CC(C)c1ncn2c1CCCC2C. The zero-order valence-corrected chi connectivity index (χ0v) is 8.75. The molecule has 2 rings (SSSR count). The molecule has 0 amide bonds. The molecule has 0 bridgehead atoms. The smallest absolute Gasteiger partial charge is 0.0954 e. The van der Waals surface area contributed by atoms with Crippen LogP contribution in [0.15, 0.2) is 6.33 Å². The van der Waals surface area contributed by atoms with Crippen molar-refractivity contribution in [3.05, 3.63) is 17.7 Å². The van der Waals surface area contributed by atoms with Gasteiger partial charge < -0.3 is 4.57 Å². The highest BCUT2D eigenvalue weighted by Crippen LogP contribution is 2.29. The van der Waals surface area contributed by atoms with E-state index in [1.165, 1.54) is 30.7 Å². The van der Waals surface area contributed by atoms with Gasteiger partial charge >= 0.3 is 0 Å². The lowest BCUT2D eigenvalue weighted by atomic mass is 9.99. The molecule has 0 saturated heterocycles. The quantitative estimate of drug-likeness (QED) is 0.646. The third-order valence-corrected chi connectivity index (χ3v) is 2.99. The topological polar surface area (TPSA) is 17.8 Å². The molecule has 1 unspecified atom stereocenters. The van der Waals surface area contributed by atoms with Crippen LogP contribution in [-0.2, 0) is 6.42 Å². The minimum atomic E-state index is 0.571. The Balaban J connectivity index is 2.41. The van der Waals surface area contributed by atoms with E-state index in [1.807, 2.05) is 6.33 Å². The summed E-state index contributed by atoms with van der Waals surface area (Å²) in [4.78, 5) is 4.51. The molecule has 1 aromatic heterocycles. The number of aromatic nitrogens is 2. The summed E-state index contributed by atoms with van der Waals surface area (Å²) < 4.78 is 2.36. The number of hydrogen-bond acceptors (Lipinski definition) is 1. The molecule has 1 aliphatic rings. The van der Waals surface area contributed by atoms with Crippen LogP contribution < -0.4 is 0 Å². The molecule has 1 atom stereocenters. The van der Waals surface area contributed by atoms with Gasteiger partial charge in [-0.25, -0.2) is 4.98 Å². The fourth-order valence-electron chi connectivity index (χ4n) is 2.22. The molecular formula is C11H18N2. The van der Waals surface area contributed by atoms with Gasteiger partial charge in [-0.05, 0) is 32.1 Å². The highest BCUT2D eigenvalue weighted by Gasteiger charge is 2.20. The van der Waals surface area contributed by atoms with E-state index >= 15 is 0 Å². The summed E-state index contributed by atoms with van der Waals surface area (Å²) in [6.45, 7) is 6.74. The van der Waals surface area contributed by atoms with Crippen LogP contribution in [0, 0.1) is 0 Å². The summed E-state index contributed by atoms with van der Waals surface area (Å²) >= 11 is 0. The van der Waals surface area contributed by atoms with Gasteiger partial charge in [0.05, 0.1) is 12.0 Å². The largest absolute Gasteiger partial charge is 0.332 e. The first kappa shape index (κ1) is 8.79. The maximum absolute atomic E-state index is 4.51. The molecule has 1 aliphatic heterocycles. The van der Waals surface area contributed by atoms with E-state index in [9.17, 15) is 0 Å². The van der Waals surface area contributed by atoms with Gasteiger partial charge in [0.1, 0.15) is 0 Å². The second kappa shape index (κ2) is 3.17. The van der Waals surface area contributed by atoms with Crippen molar-refractivity contribution in [2.45, 2.75) is 52.0 Å². The normalized spacial score (nSPS) is 22.0. The zero-order chi connectivity index (χ0) is 9.42. The standard InChI is InChI=1S/C11H18N2/c1-8(2)11-10-6-4-5-9(3)13(10)7-12-11/h7-9H,4-6H2,1-3H3. The van der Waals surface area contributed by atoms with Gasteiger partial charge in [-0.3, -0.25) is 0 Å². The molecule has 0 N–H and O–H groups in total. The van der Waals surface area contributed by atoms with E-state index in [4.69, 9.17) is 0 Å². The second-order valence-corrected chi connectivity index (χ2v) is 4.38. The molecular weight excluding hydrogens is 160 g/mol. The monoisotopic (exact) mass is 178 g/mol. The summed E-state index contributed by atoms with van der Waals surface area (Å²) in [6, 6.07) is 0.656. The molecule has 0 radical (unpaired) electrons. The lowest BCUT2D eigenvalue weighted by Crippen LogP contribution is -2.15. The minimum Gasteiger partial charge on any atom is -0.332 e. The van der Waals surface area contributed by atoms with Crippen molar-refractivity contribution in [1.82, 2.24) is 9.55 Å². The van der Waals surface area contributed by atoms with Crippen LogP contribution in [0.25, 0.3) is 0 Å². The Morgan fingerprint density at radius 1 is 1.54 bits per heavy atom. The van der Waals surface area contributed by atoms with Crippen molar-refractivity contribution < 1.29 is 0 Å². The Hall–Kier alpha value is -0.790. The van der Waals surface area contributed by atoms with E-state index in [1.54, 1.807) is 0 Å². The van der Waals surface area contributed by atoms with Gasteiger partial charge in [0, 0.05) is 11.7 Å². The predicted octanol–water partition coefficient (Wildman–Crippen LogP) is 2.90. The van der Waals surface area contributed by atoms with Gasteiger partial charge in [0.15, 0.2) is 0 Å². The maximum atomic E-state index is 4.51. The van der Waals surface area contributed by atoms with Gasteiger partial charge in [0.25, 0.3) is 0 Å². The van der Waals surface area contributed by atoms with Crippen LogP contribution in [0.4, 0.5) is 0 Å². The van der Waals surface area contributed by atoms with Crippen molar-refractivity contribution in [3.8, 4) is 0 Å². The third-order valence-electron chi connectivity index (χ3n) is 2.99. The molecule has 0 aliphatic carbocycles. The van der Waals surface area contributed by atoms with E-state index in [2.05, 4.69) is 30.3 Å². The molecule has 1 aromatic rings. The first-order chi connectivity index (χ1) is 6.20. The summed E-state index contributed by atoms with van der Waals surface area (Å²) in [5, 5.41) is 0. The summed E-state index contributed by atoms with van der Waals surface area (Å²) in [6.07, 6.45) is 5.87. The highest BCUT2D eigenvalue weighted by molar-refractivity contribution is 5.19. The molecule has 0 aromatic carbocycles. The number of nitrogens with zero attached hydrogens (tertiary/aromatic N) is 2. The molecule has 0 fully saturated rings. The van der Waals surface area contributed by atoms with E-state index < -0.39 is 0 Å². The van der Waals surface area contributed by atoms with Gasteiger partial charge in [-0.1, -0.05) is 13.8 Å². The fourth-order valence-corrected chi connectivity index (χ4v) is 2.22. The van der Waals surface area contributed by atoms with Crippen molar-refractivity contribution in [2.24, 2.45) is 0 Å². The molecule has 2 heteroatoms. The first-order valence-electron chi connectivity index (χ1n) is 5.25. The predicted molar refractivity (Wildman–Crippen MR) is 54.0 cm³/mol. The molecule has 2 heterocycles. The fraction of sp³-hybridized carbons (Fsp3) is 0.727. The van der Waals surface area contributed by atoms with Crippen LogP contribution in [0.1, 0.15) is 57.0 Å². The first-order valence-corrected chi connectivity index (χ1v) is 5.25. The second-order valence-electron chi connectivity index (χ2n) is 4.38. The summed E-state index contributed by atoms with van der Waals surface area (Å²) in [5.74, 6) is 0.571. The van der Waals surface area contributed by atoms with Crippen molar-refractivity contribution in [1.29, 1.82) is 0 Å². The van der Waals surface area contributed by atoms with Gasteiger partial charge in [-0.15, -0.1) is 0 Å².